The van der Waals surface area contributed by atoms with E-state index < -0.39 is 0 Å². The average Bonchev–Trinajstić information content (AvgIpc) is 2.39. The lowest BCUT2D eigenvalue weighted by Crippen LogP contribution is -2.15. The molecule has 1 rings (SSSR count). The van der Waals surface area contributed by atoms with Crippen molar-refractivity contribution in [1.82, 2.24) is 15.3 Å². The third kappa shape index (κ3) is 6.55. The van der Waals surface area contributed by atoms with Crippen molar-refractivity contribution in [1.29, 1.82) is 0 Å². The molecular formula is C14H25N3O. The van der Waals surface area contributed by atoms with E-state index in [1.54, 1.807) is 12.4 Å². The highest BCUT2D eigenvalue weighted by Crippen LogP contribution is 2.07. The Kier molecular flexibility index (Phi) is 8.13. The number of hydrogen-bond acceptors (Lipinski definition) is 4. The molecule has 1 aromatic heterocycles. The lowest BCUT2D eigenvalue weighted by atomic mass is 10.2. The van der Waals surface area contributed by atoms with Gasteiger partial charge in [-0.1, -0.05) is 33.1 Å². The summed E-state index contributed by atoms with van der Waals surface area (Å²) in [6, 6.07) is 0. The summed E-state index contributed by atoms with van der Waals surface area (Å²) < 4.78 is 5.60. The molecule has 0 fully saturated rings. The minimum absolute atomic E-state index is 0.641. The first-order valence-electron chi connectivity index (χ1n) is 7.01. The molecule has 0 atom stereocenters. The van der Waals surface area contributed by atoms with Gasteiger partial charge in [-0.05, 0) is 19.4 Å². The summed E-state index contributed by atoms with van der Waals surface area (Å²) in [5.74, 6) is 0.641. The van der Waals surface area contributed by atoms with Crippen molar-refractivity contribution in [3.05, 3.63) is 18.1 Å². The lowest BCUT2D eigenvalue weighted by molar-refractivity contribution is 0.291. The predicted octanol–water partition coefficient (Wildman–Crippen LogP) is 2.94. The Morgan fingerprint density at radius 1 is 1.11 bits per heavy atom. The highest BCUT2D eigenvalue weighted by atomic mass is 16.5. The number of hydrogen-bond donors (Lipinski definition) is 1. The van der Waals surface area contributed by atoms with Gasteiger partial charge in [-0.2, -0.15) is 0 Å². The Morgan fingerprint density at radius 3 is 2.78 bits per heavy atom. The number of aromatic nitrogens is 2. The first kappa shape index (κ1) is 14.9. The fourth-order valence-corrected chi connectivity index (χ4v) is 1.64. The van der Waals surface area contributed by atoms with Gasteiger partial charge in [-0.15, -0.1) is 0 Å². The SMILES string of the molecule is CCCCCCOc1cncc(CNCCC)n1. The molecule has 102 valence electrons. The normalized spacial score (nSPS) is 10.6. The molecule has 0 bridgehead atoms. The number of nitrogens with zero attached hydrogens (tertiary/aromatic N) is 2. The zero-order valence-corrected chi connectivity index (χ0v) is 11.6. The number of ether oxygens (including phenoxy) is 1. The molecule has 0 aliphatic carbocycles. The molecule has 18 heavy (non-hydrogen) atoms. The minimum Gasteiger partial charge on any atom is -0.477 e. The number of nitrogens with one attached hydrogen (secondary N) is 1. The summed E-state index contributed by atoms with van der Waals surface area (Å²) in [5, 5.41) is 3.30. The molecule has 0 radical (unpaired) electrons. The van der Waals surface area contributed by atoms with E-state index in [-0.39, 0.29) is 0 Å². The van der Waals surface area contributed by atoms with Gasteiger partial charge in [0.2, 0.25) is 5.88 Å². The predicted molar refractivity (Wildman–Crippen MR) is 73.7 cm³/mol. The maximum Gasteiger partial charge on any atom is 0.232 e. The second kappa shape index (κ2) is 9.83. The quantitative estimate of drug-likeness (QED) is 0.649. The highest BCUT2D eigenvalue weighted by Gasteiger charge is 1.99. The molecular weight excluding hydrogens is 226 g/mol. The zero-order valence-electron chi connectivity index (χ0n) is 11.6. The Bertz CT molecular complexity index is 318. The zero-order chi connectivity index (χ0) is 13.1. The van der Waals surface area contributed by atoms with Gasteiger partial charge >= 0.3 is 0 Å². The molecule has 0 saturated carbocycles. The van der Waals surface area contributed by atoms with Crippen molar-refractivity contribution in [2.24, 2.45) is 0 Å². The van der Waals surface area contributed by atoms with Crippen LogP contribution in [0.2, 0.25) is 0 Å². The fourth-order valence-electron chi connectivity index (χ4n) is 1.64. The van der Waals surface area contributed by atoms with Crippen LogP contribution >= 0.6 is 0 Å². The van der Waals surface area contributed by atoms with Gasteiger partial charge in [0.25, 0.3) is 0 Å². The van der Waals surface area contributed by atoms with Crippen LogP contribution in [0.4, 0.5) is 0 Å². The van der Waals surface area contributed by atoms with Crippen molar-refractivity contribution < 1.29 is 4.74 Å². The molecule has 0 aliphatic rings. The van der Waals surface area contributed by atoms with Crippen molar-refractivity contribution >= 4 is 0 Å². The molecule has 1 heterocycles. The van der Waals surface area contributed by atoms with E-state index in [4.69, 9.17) is 4.74 Å². The van der Waals surface area contributed by atoms with E-state index >= 15 is 0 Å². The van der Waals surface area contributed by atoms with Gasteiger partial charge < -0.3 is 10.1 Å². The largest absolute Gasteiger partial charge is 0.477 e. The van der Waals surface area contributed by atoms with E-state index in [0.29, 0.717) is 5.88 Å². The van der Waals surface area contributed by atoms with Crippen LogP contribution in [0.3, 0.4) is 0 Å². The lowest BCUT2D eigenvalue weighted by Gasteiger charge is -2.07. The molecule has 0 amide bonds. The maximum absolute atomic E-state index is 5.60. The maximum atomic E-state index is 5.60. The summed E-state index contributed by atoms with van der Waals surface area (Å²) in [4.78, 5) is 8.57. The van der Waals surface area contributed by atoms with Crippen molar-refractivity contribution in [2.45, 2.75) is 52.5 Å². The molecule has 0 aromatic carbocycles. The molecule has 4 nitrogen and oxygen atoms in total. The van der Waals surface area contributed by atoms with E-state index in [2.05, 4.69) is 29.1 Å². The van der Waals surface area contributed by atoms with Crippen LogP contribution in [0, 0.1) is 0 Å². The van der Waals surface area contributed by atoms with Gasteiger partial charge in [-0.25, -0.2) is 4.98 Å². The standard InChI is InChI=1S/C14H25N3O/c1-3-5-6-7-9-18-14-12-16-11-13(17-14)10-15-8-4-2/h11-12,15H,3-10H2,1-2H3. The van der Waals surface area contributed by atoms with Gasteiger partial charge in [0.05, 0.1) is 18.5 Å². The van der Waals surface area contributed by atoms with Crippen LogP contribution in [0.1, 0.15) is 51.6 Å². The summed E-state index contributed by atoms with van der Waals surface area (Å²) in [5.41, 5.74) is 0.939. The Morgan fingerprint density at radius 2 is 2.00 bits per heavy atom. The molecule has 4 heteroatoms. The van der Waals surface area contributed by atoms with E-state index in [1.807, 2.05) is 0 Å². The second-order valence-corrected chi connectivity index (χ2v) is 4.43. The van der Waals surface area contributed by atoms with Gasteiger partial charge in [0.15, 0.2) is 0 Å². The topological polar surface area (TPSA) is 47.0 Å². The molecule has 1 N–H and O–H groups in total. The highest BCUT2D eigenvalue weighted by molar-refractivity contribution is 5.08. The monoisotopic (exact) mass is 251 g/mol. The number of unbranched alkanes of at least 4 members (excludes halogenated alkanes) is 3. The minimum atomic E-state index is 0.641. The smallest absolute Gasteiger partial charge is 0.232 e. The van der Waals surface area contributed by atoms with Crippen LogP contribution < -0.4 is 10.1 Å². The fraction of sp³-hybridized carbons (Fsp3) is 0.714. The van der Waals surface area contributed by atoms with Gasteiger partial charge in [-0.3, -0.25) is 4.98 Å². The molecule has 1 aromatic rings. The third-order valence-corrected chi connectivity index (χ3v) is 2.64. The van der Waals surface area contributed by atoms with Crippen molar-refractivity contribution in [3.63, 3.8) is 0 Å². The van der Waals surface area contributed by atoms with Crippen molar-refractivity contribution in [2.75, 3.05) is 13.2 Å². The van der Waals surface area contributed by atoms with E-state index in [0.717, 1.165) is 38.2 Å². The van der Waals surface area contributed by atoms with Crippen LogP contribution in [0.25, 0.3) is 0 Å². The Labute approximate surface area is 110 Å². The number of rotatable bonds is 10. The van der Waals surface area contributed by atoms with Gasteiger partial charge in [0.1, 0.15) is 0 Å². The van der Waals surface area contributed by atoms with Crippen LogP contribution in [-0.2, 0) is 6.54 Å². The van der Waals surface area contributed by atoms with Gasteiger partial charge in [0, 0.05) is 12.7 Å². The molecule has 0 saturated heterocycles. The molecule has 0 unspecified atom stereocenters. The van der Waals surface area contributed by atoms with Crippen LogP contribution in [-0.4, -0.2) is 23.1 Å². The first-order valence-corrected chi connectivity index (χ1v) is 7.01. The second-order valence-electron chi connectivity index (χ2n) is 4.43. The molecule has 0 spiro atoms. The average molecular weight is 251 g/mol. The van der Waals surface area contributed by atoms with Crippen molar-refractivity contribution in [3.8, 4) is 5.88 Å². The summed E-state index contributed by atoms with van der Waals surface area (Å²) >= 11 is 0. The molecule has 0 aliphatic heterocycles. The Balaban J connectivity index is 2.26. The van der Waals surface area contributed by atoms with Crippen LogP contribution in [0.5, 0.6) is 5.88 Å². The summed E-state index contributed by atoms with van der Waals surface area (Å²) in [7, 11) is 0. The van der Waals surface area contributed by atoms with Crippen LogP contribution in [0.15, 0.2) is 12.4 Å². The third-order valence-electron chi connectivity index (χ3n) is 2.64. The van der Waals surface area contributed by atoms with E-state index in [1.165, 1.54) is 19.3 Å². The first-order chi connectivity index (χ1) is 8.86. The summed E-state index contributed by atoms with van der Waals surface area (Å²) in [6.07, 6.45) is 9.43. The van der Waals surface area contributed by atoms with E-state index in [9.17, 15) is 0 Å². The Hall–Kier alpha value is -1.16. The summed E-state index contributed by atoms with van der Waals surface area (Å²) in [6.45, 7) is 6.85.